The molecule has 7 heteroatoms. The van der Waals surface area contributed by atoms with Gasteiger partial charge < -0.3 is 0 Å². The van der Waals surface area contributed by atoms with Gasteiger partial charge >= 0.3 is 0 Å². The molecule has 3 rings (SSSR count). The molecular formula is C16H17ClN2O2S2. The molecule has 1 saturated heterocycles. The summed E-state index contributed by atoms with van der Waals surface area (Å²) >= 11 is 8.04. The minimum atomic E-state index is -3.48. The maximum Gasteiger partial charge on any atom is 0.244 e. The molecule has 0 N–H and O–H groups in total. The summed E-state index contributed by atoms with van der Waals surface area (Å²) in [5, 5.41) is 0.964. The third-order valence-corrected chi connectivity index (χ3v) is 7.36. The van der Waals surface area contributed by atoms with Gasteiger partial charge in [-0.1, -0.05) is 29.8 Å². The van der Waals surface area contributed by atoms with Crippen molar-refractivity contribution in [2.24, 2.45) is 0 Å². The summed E-state index contributed by atoms with van der Waals surface area (Å²) in [7, 11) is -3.48. The fourth-order valence-corrected chi connectivity index (χ4v) is 5.76. The van der Waals surface area contributed by atoms with Crippen molar-refractivity contribution in [3.8, 4) is 0 Å². The van der Waals surface area contributed by atoms with Crippen LogP contribution in [0.1, 0.15) is 17.2 Å². The molecule has 1 unspecified atom stereocenters. The summed E-state index contributed by atoms with van der Waals surface area (Å²) in [6.07, 6.45) is 3.72. The number of halogens is 1. The number of rotatable bonds is 3. The normalized spacial score (nSPS) is 20.1. The molecule has 0 radical (unpaired) electrons. The lowest BCUT2D eigenvalue weighted by molar-refractivity contribution is 0.428. The van der Waals surface area contributed by atoms with Gasteiger partial charge in [0.05, 0.1) is 0 Å². The second-order valence-electron chi connectivity index (χ2n) is 5.26. The molecule has 1 fully saturated rings. The van der Waals surface area contributed by atoms with E-state index < -0.39 is 10.0 Å². The molecule has 1 aromatic heterocycles. The van der Waals surface area contributed by atoms with Crippen molar-refractivity contribution in [1.29, 1.82) is 0 Å². The maximum absolute atomic E-state index is 12.7. The van der Waals surface area contributed by atoms with Crippen molar-refractivity contribution in [3.63, 3.8) is 0 Å². The van der Waals surface area contributed by atoms with Crippen molar-refractivity contribution in [2.75, 3.05) is 18.8 Å². The minimum absolute atomic E-state index is 0.220. The number of thioether (sulfide) groups is 1. The Hall–Kier alpha value is -1.08. The Morgan fingerprint density at radius 3 is 2.74 bits per heavy atom. The molecule has 2 heterocycles. The zero-order valence-corrected chi connectivity index (χ0v) is 14.8. The molecule has 0 bridgehead atoms. The lowest BCUT2D eigenvalue weighted by atomic mass is 10.1. The Balaban J connectivity index is 1.78. The van der Waals surface area contributed by atoms with E-state index in [1.54, 1.807) is 34.4 Å². The number of hydrogen-bond donors (Lipinski definition) is 0. The van der Waals surface area contributed by atoms with E-state index in [0.717, 1.165) is 22.8 Å². The Kier molecular flexibility index (Phi) is 5.26. The molecule has 0 amide bonds. The van der Waals surface area contributed by atoms with Crippen LogP contribution < -0.4 is 0 Å². The van der Waals surface area contributed by atoms with Gasteiger partial charge in [-0.15, -0.1) is 0 Å². The minimum Gasteiger partial charge on any atom is -0.263 e. The van der Waals surface area contributed by atoms with Crippen LogP contribution in [0.15, 0.2) is 53.7 Å². The van der Waals surface area contributed by atoms with Crippen molar-refractivity contribution in [1.82, 2.24) is 9.29 Å². The van der Waals surface area contributed by atoms with Gasteiger partial charge in [-0.25, -0.2) is 8.42 Å². The standard InChI is InChI=1S/C16H17ClN2O2S2/c17-15-6-2-1-5-14(15)16-7-9-19(10-11-22-16)23(20,21)13-4-3-8-18-12-13/h1-6,8,12,16H,7,9-11H2. The molecule has 0 aliphatic carbocycles. The zero-order chi connectivity index (χ0) is 16.3. The fraction of sp³-hybridized carbons (Fsp3) is 0.312. The lowest BCUT2D eigenvalue weighted by Gasteiger charge is -2.20. The van der Waals surface area contributed by atoms with Crippen LogP contribution >= 0.6 is 23.4 Å². The maximum atomic E-state index is 12.7. The lowest BCUT2D eigenvalue weighted by Crippen LogP contribution is -2.33. The largest absolute Gasteiger partial charge is 0.263 e. The molecular weight excluding hydrogens is 352 g/mol. The van der Waals surface area contributed by atoms with Gasteiger partial charge in [0.2, 0.25) is 10.0 Å². The van der Waals surface area contributed by atoms with Gasteiger partial charge in [0, 0.05) is 41.5 Å². The number of hydrogen-bond acceptors (Lipinski definition) is 4. The molecule has 1 aliphatic rings. The van der Waals surface area contributed by atoms with Gasteiger partial charge in [-0.2, -0.15) is 16.1 Å². The highest BCUT2D eigenvalue weighted by Gasteiger charge is 2.28. The second-order valence-corrected chi connectivity index (χ2v) is 8.92. The van der Waals surface area contributed by atoms with E-state index in [9.17, 15) is 8.42 Å². The Bertz CT molecular complexity index is 769. The number of benzene rings is 1. The molecule has 122 valence electrons. The smallest absolute Gasteiger partial charge is 0.244 e. The van der Waals surface area contributed by atoms with Crippen molar-refractivity contribution < 1.29 is 8.42 Å². The van der Waals surface area contributed by atoms with Gasteiger partial charge in [-0.3, -0.25) is 4.98 Å². The Labute approximate surface area is 145 Å². The average Bonchev–Trinajstić information content (AvgIpc) is 2.83. The monoisotopic (exact) mass is 368 g/mol. The number of sulfonamides is 1. The fourth-order valence-electron chi connectivity index (χ4n) is 2.62. The topological polar surface area (TPSA) is 50.3 Å². The van der Waals surface area contributed by atoms with Crippen LogP contribution in [0.25, 0.3) is 0 Å². The van der Waals surface area contributed by atoms with Crippen molar-refractivity contribution >= 4 is 33.4 Å². The summed E-state index contributed by atoms with van der Waals surface area (Å²) in [4.78, 5) is 4.17. The average molecular weight is 369 g/mol. The van der Waals surface area contributed by atoms with E-state index in [2.05, 4.69) is 4.98 Å². The molecule has 1 aliphatic heterocycles. The van der Waals surface area contributed by atoms with Crippen LogP contribution in [-0.2, 0) is 10.0 Å². The van der Waals surface area contributed by atoms with E-state index in [1.165, 1.54) is 6.20 Å². The van der Waals surface area contributed by atoms with Crippen LogP contribution in [0.2, 0.25) is 5.02 Å². The van der Waals surface area contributed by atoms with Crippen molar-refractivity contribution in [3.05, 3.63) is 59.4 Å². The predicted molar refractivity (Wildman–Crippen MR) is 94.3 cm³/mol. The first kappa shape index (κ1) is 16.8. The first-order valence-corrected chi connectivity index (χ1v) is 10.2. The van der Waals surface area contributed by atoms with Crippen molar-refractivity contribution in [2.45, 2.75) is 16.6 Å². The van der Waals surface area contributed by atoms with E-state index in [4.69, 9.17) is 11.6 Å². The summed E-state index contributed by atoms with van der Waals surface area (Å²) in [5.41, 5.74) is 1.08. The molecule has 0 saturated carbocycles. The SMILES string of the molecule is O=S(=O)(c1cccnc1)N1CCSC(c2ccccc2Cl)CC1. The van der Waals surface area contributed by atoms with Crippen LogP contribution in [0, 0.1) is 0 Å². The van der Waals surface area contributed by atoms with Crippen LogP contribution in [-0.4, -0.2) is 36.5 Å². The molecule has 0 spiro atoms. The molecule has 1 atom stereocenters. The van der Waals surface area contributed by atoms with E-state index in [-0.39, 0.29) is 10.1 Å². The molecule has 4 nitrogen and oxygen atoms in total. The first-order chi connectivity index (χ1) is 11.1. The zero-order valence-electron chi connectivity index (χ0n) is 12.4. The quantitative estimate of drug-likeness (QED) is 0.830. The van der Waals surface area contributed by atoms with E-state index in [0.29, 0.717) is 13.1 Å². The predicted octanol–water partition coefficient (Wildman–Crippen LogP) is 3.60. The van der Waals surface area contributed by atoms with Crippen LogP contribution in [0.5, 0.6) is 0 Å². The van der Waals surface area contributed by atoms with Gasteiger partial charge in [0.1, 0.15) is 4.90 Å². The summed E-state index contributed by atoms with van der Waals surface area (Å²) in [5.74, 6) is 0.745. The highest BCUT2D eigenvalue weighted by molar-refractivity contribution is 7.99. The van der Waals surface area contributed by atoms with Gasteiger partial charge in [-0.05, 0) is 30.2 Å². The highest BCUT2D eigenvalue weighted by atomic mass is 35.5. The summed E-state index contributed by atoms with van der Waals surface area (Å²) in [6.45, 7) is 0.989. The summed E-state index contributed by atoms with van der Waals surface area (Å²) in [6, 6.07) is 11.0. The summed E-state index contributed by atoms with van der Waals surface area (Å²) < 4.78 is 27.0. The molecule has 2 aromatic rings. The third kappa shape index (κ3) is 3.71. The van der Waals surface area contributed by atoms with E-state index in [1.807, 2.05) is 24.3 Å². The first-order valence-electron chi connectivity index (χ1n) is 7.35. The second kappa shape index (κ2) is 7.21. The third-order valence-electron chi connectivity index (χ3n) is 3.82. The highest BCUT2D eigenvalue weighted by Crippen LogP contribution is 2.38. The number of pyridine rings is 1. The number of nitrogens with zero attached hydrogens (tertiary/aromatic N) is 2. The molecule has 23 heavy (non-hydrogen) atoms. The van der Waals surface area contributed by atoms with Crippen LogP contribution in [0.4, 0.5) is 0 Å². The van der Waals surface area contributed by atoms with Gasteiger partial charge in [0.15, 0.2) is 0 Å². The number of aromatic nitrogens is 1. The Morgan fingerprint density at radius 1 is 1.17 bits per heavy atom. The molecule has 1 aromatic carbocycles. The van der Waals surface area contributed by atoms with Crippen LogP contribution in [0.3, 0.4) is 0 Å². The van der Waals surface area contributed by atoms with E-state index >= 15 is 0 Å². The van der Waals surface area contributed by atoms with Gasteiger partial charge in [0.25, 0.3) is 0 Å². The Morgan fingerprint density at radius 2 is 2.00 bits per heavy atom.